The molecule has 0 radical (unpaired) electrons. The van der Waals surface area contributed by atoms with Crippen molar-refractivity contribution in [1.82, 2.24) is 10.2 Å². The Kier molecular flexibility index (Phi) is 3.90. The molecule has 0 spiro atoms. The van der Waals surface area contributed by atoms with Crippen LogP contribution in [0.1, 0.15) is 10.9 Å². The third kappa shape index (κ3) is 2.66. The van der Waals surface area contributed by atoms with E-state index in [1.807, 2.05) is 4.90 Å². The second kappa shape index (κ2) is 5.42. The molecule has 0 aromatic carbocycles. The van der Waals surface area contributed by atoms with Crippen molar-refractivity contribution in [2.45, 2.75) is 6.04 Å². The van der Waals surface area contributed by atoms with Crippen LogP contribution in [0.3, 0.4) is 0 Å². The average molecular weight is 271 g/mol. The van der Waals surface area contributed by atoms with Crippen LogP contribution in [-0.4, -0.2) is 47.1 Å². The minimum absolute atomic E-state index is 0.0219. The van der Waals surface area contributed by atoms with Crippen molar-refractivity contribution in [2.75, 3.05) is 26.2 Å². The minimum atomic E-state index is -0.964. The summed E-state index contributed by atoms with van der Waals surface area (Å²) in [5.74, 6) is -0.964. The highest BCUT2D eigenvalue weighted by molar-refractivity contribution is 7.15. The molecular formula is C10H13N3O4S. The standard InChI is InChI=1S/C10H13N3O4S/c14-10(15)9(12-5-3-11-4-6-12)7-1-2-8(18-7)13(16)17/h1-2,9,11H,3-6H2,(H,14,15). The summed E-state index contributed by atoms with van der Waals surface area (Å²) in [7, 11) is 0. The lowest BCUT2D eigenvalue weighted by Crippen LogP contribution is -2.46. The highest BCUT2D eigenvalue weighted by atomic mass is 32.1. The average Bonchev–Trinajstić information content (AvgIpc) is 2.79. The molecule has 0 aliphatic carbocycles. The van der Waals surface area contributed by atoms with Gasteiger partial charge in [-0.2, -0.15) is 0 Å². The predicted octanol–water partition coefficient (Wildman–Crippen LogP) is 0.687. The van der Waals surface area contributed by atoms with Crippen molar-refractivity contribution >= 4 is 22.3 Å². The molecule has 1 saturated heterocycles. The lowest BCUT2D eigenvalue weighted by Gasteiger charge is -2.31. The van der Waals surface area contributed by atoms with E-state index >= 15 is 0 Å². The summed E-state index contributed by atoms with van der Waals surface area (Å²) in [6.07, 6.45) is 0. The fourth-order valence-electron chi connectivity index (χ4n) is 1.99. The second-order valence-corrected chi connectivity index (χ2v) is 5.05. The molecule has 98 valence electrons. The molecule has 1 aromatic heterocycles. The summed E-state index contributed by atoms with van der Waals surface area (Å²) in [6.45, 7) is 2.72. The van der Waals surface area contributed by atoms with Crippen molar-refractivity contribution in [1.29, 1.82) is 0 Å². The summed E-state index contributed by atoms with van der Waals surface area (Å²) in [5, 5.41) is 23.1. The second-order valence-electron chi connectivity index (χ2n) is 3.96. The quantitative estimate of drug-likeness (QED) is 0.618. The molecule has 0 bridgehead atoms. The molecule has 0 amide bonds. The number of carboxylic acids is 1. The van der Waals surface area contributed by atoms with Crippen molar-refractivity contribution in [3.63, 3.8) is 0 Å². The van der Waals surface area contributed by atoms with Crippen molar-refractivity contribution in [2.24, 2.45) is 0 Å². The predicted molar refractivity (Wildman–Crippen MR) is 65.8 cm³/mol. The van der Waals surface area contributed by atoms with Gasteiger partial charge in [-0.05, 0) is 6.07 Å². The van der Waals surface area contributed by atoms with Gasteiger partial charge in [0.25, 0.3) is 0 Å². The number of carboxylic acid groups (broad SMARTS) is 1. The van der Waals surface area contributed by atoms with Crippen molar-refractivity contribution in [3.05, 3.63) is 27.1 Å². The fraction of sp³-hybridized carbons (Fsp3) is 0.500. The molecule has 1 unspecified atom stereocenters. The first-order valence-corrected chi connectivity index (χ1v) is 6.33. The van der Waals surface area contributed by atoms with Crippen molar-refractivity contribution in [3.8, 4) is 0 Å². The van der Waals surface area contributed by atoms with Gasteiger partial charge in [-0.1, -0.05) is 11.3 Å². The zero-order valence-corrected chi connectivity index (χ0v) is 10.4. The van der Waals surface area contributed by atoms with E-state index in [9.17, 15) is 20.0 Å². The normalized spacial score (nSPS) is 18.4. The Labute approximate surface area is 107 Å². The van der Waals surface area contributed by atoms with Crippen LogP contribution in [0.5, 0.6) is 0 Å². The molecular weight excluding hydrogens is 258 g/mol. The van der Waals surface area contributed by atoms with Gasteiger partial charge >= 0.3 is 11.0 Å². The number of hydrogen-bond donors (Lipinski definition) is 2. The number of aliphatic carboxylic acids is 1. The van der Waals surface area contributed by atoms with E-state index in [-0.39, 0.29) is 5.00 Å². The molecule has 1 aliphatic heterocycles. The maximum absolute atomic E-state index is 11.4. The molecule has 0 saturated carbocycles. The van der Waals surface area contributed by atoms with Gasteiger partial charge in [0, 0.05) is 37.1 Å². The molecule has 7 nitrogen and oxygen atoms in total. The maximum Gasteiger partial charge on any atom is 0.326 e. The largest absolute Gasteiger partial charge is 0.480 e. The molecule has 2 heterocycles. The van der Waals surface area contributed by atoms with E-state index in [0.29, 0.717) is 18.0 Å². The first kappa shape index (κ1) is 12.9. The SMILES string of the molecule is O=C(O)C(c1ccc([N+](=O)[O-])s1)N1CCNCC1. The highest BCUT2D eigenvalue weighted by Crippen LogP contribution is 2.32. The Hall–Kier alpha value is -1.51. The summed E-state index contributed by atoms with van der Waals surface area (Å²) in [4.78, 5) is 23.8. The van der Waals surface area contributed by atoms with Gasteiger partial charge in [0.15, 0.2) is 0 Å². The Morgan fingerprint density at radius 2 is 2.17 bits per heavy atom. The van der Waals surface area contributed by atoms with Crippen LogP contribution in [0.15, 0.2) is 12.1 Å². The van der Waals surface area contributed by atoms with E-state index in [1.54, 1.807) is 0 Å². The first-order chi connectivity index (χ1) is 8.59. The molecule has 2 rings (SSSR count). The summed E-state index contributed by atoms with van der Waals surface area (Å²) in [5.41, 5.74) is 0. The molecule has 1 aromatic rings. The van der Waals surface area contributed by atoms with Crippen LogP contribution < -0.4 is 5.32 Å². The highest BCUT2D eigenvalue weighted by Gasteiger charge is 2.30. The molecule has 1 aliphatic rings. The number of hydrogen-bond acceptors (Lipinski definition) is 6. The Balaban J connectivity index is 2.22. The molecule has 1 atom stereocenters. The van der Waals surface area contributed by atoms with Gasteiger partial charge in [-0.25, -0.2) is 0 Å². The topological polar surface area (TPSA) is 95.7 Å². The monoisotopic (exact) mass is 271 g/mol. The Morgan fingerprint density at radius 3 is 2.67 bits per heavy atom. The number of carbonyl (C=O) groups is 1. The lowest BCUT2D eigenvalue weighted by molar-refractivity contribution is -0.380. The smallest absolute Gasteiger partial charge is 0.326 e. The van der Waals surface area contributed by atoms with E-state index < -0.39 is 16.9 Å². The number of nitrogens with one attached hydrogen (secondary N) is 1. The Morgan fingerprint density at radius 1 is 1.50 bits per heavy atom. The molecule has 18 heavy (non-hydrogen) atoms. The van der Waals surface area contributed by atoms with Gasteiger partial charge in [0.05, 0.1) is 4.92 Å². The molecule has 8 heteroatoms. The van der Waals surface area contributed by atoms with E-state index in [4.69, 9.17) is 0 Å². The third-order valence-corrected chi connectivity index (χ3v) is 3.90. The van der Waals surface area contributed by atoms with E-state index in [2.05, 4.69) is 5.32 Å². The van der Waals surface area contributed by atoms with Crippen LogP contribution in [0.25, 0.3) is 0 Å². The first-order valence-electron chi connectivity index (χ1n) is 5.51. The van der Waals surface area contributed by atoms with Crippen LogP contribution >= 0.6 is 11.3 Å². The third-order valence-electron chi connectivity index (χ3n) is 2.81. The number of nitro groups is 1. The number of nitrogens with zero attached hydrogens (tertiary/aromatic N) is 2. The van der Waals surface area contributed by atoms with Crippen molar-refractivity contribution < 1.29 is 14.8 Å². The fourth-order valence-corrected chi connectivity index (χ4v) is 2.94. The summed E-state index contributed by atoms with van der Waals surface area (Å²) >= 11 is 0.929. The van der Waals surface area contributed by atoms with Gasteiger partial charge in [-0.3, -0.25) is 19.8 Å². The number of piperazine rings is 1. The number of thiophene rings is 1. The molecule has 2 N–H and O–H groups in total. The van der Waals surface area contributed by atoms with Crippen LogP contribution in [0.4, 0.5) is 5.00 Å². The lowest BCUT2D eigenvalue weighted by atomic mass is 10.2. The van der Waals surface area contributed by atoms with Crippen LogP contribution in [0.2, 0.25) is 0 Å². The summed E-state index contributed by atoms with van der Waals surface area (Å²) < 4.78 is 0. The summed E-state index contributed by atoms with van der Waals surface area (Å²) in [6, 6.07) is 2.10. The Bertz CT molecular complexity index is 456. The van der Waals surface area contributed by atoms with Gasteiger partial charge < -0.3 is 10.4 Å². The van der Waals surface area contributed by atoms with Crippen LogP contribution in [0, 0.1) is 10.1 Å². The number of rotatable bonds is 4. The zero-order valence-electron chi connectivity index (χ0n) is 9.54. The van der Waals surface area contributed by atoms with E-state index in [0.717, 1.165) is 24.4 Å². The van der Waals surface area contributed by atoms with Gasteiger partial charge in [-0.15, -0.1) is 0 Å². The minimum Gasteiger partial charge on any atom is -0.480 e. The van der Waals surface area contributed by atoms with Gasteiger partial charge in [0.1, 0.15) is 6.04 Å². The van der Waals surface area contributed by atoms with Gasteiger partial charge in [0.2, 0.25) is 0 Å². The van der Waals surface area contributed by atoms with E-state index in [1.165, 1.54) is 12.1 Å². The zero-order chi connectivity index (χ0) is 13.1. The van der Waals surface area contributed by atoms with Crippen LogP contribution in [-0.2, 0) is 4.79 Å². The maximum atomic E-state index is 11.4. The molecule has 1 fully saturated rings.